The van der Waals surface area contributed by atoms with Crippen LogP contribution in [0.2, 0.25) is 0 Å². The molecule has 110 valence electrons. The van der Waals surface area contributed by atoms with E-state index in [9.17, 15) is 4.39 Å². The van der Waals surface area contributed by atoms with Gasteiger partial charge in [0.25, 0.3) is 0 Å². The van der Waals surface area contributed by atoms with E-state index in [1.54, 1.807) is 12.1 Å². The van der Waals surface area contributed by atoms with Crippen molar-refractivity contribution in [3.8, 4) is 5.75 Å². The van der Waals surface area contributed by atoms with Crippen LogP contribution < -0.4 is 10.2 Å². The maximum absolute atomic E-state index is 13.7. The maximum Gasteiger partial charge on any atom is 0.494 e. The minimum absolute atomic E-state index is 0.0851. The minimum atomic E-state index is -0.505. The fourth-order valence-electron chi connectivity index (χ4n) is 1.99. The lowest BCUT2D eigenvalue weighted by atomic mass is 9.79. The molecule has 0 saturated carbocycles. The lowest BCUT2D eigenvalue weighted by Gasteiger charge is -2.32. The van der Waals surface area contributed by atoms with Crippen LogP contribution in [-0.4, -0.2) is 24.4 Å². The van der Waals surface area contributed by atoms with Gasteiger partial charge in [-0.1, -0.05) is 6.07 Å². The summed E-state index contributed by atoms with van der Waals surface area (Å²) in [5, 5.41) is 0. The van der Waals surface area contributed by atoms with Gasteiger partial charge < -0.3 is 14.0 Å². The van der Waals surface area contributed by atoms with Crippen molar-refractivity contribution in [1.29, 1.82) is 0 Å². The first-order chi connectivity index (χ1) is 9.12. The van der Waals surface area contributed by atoms with Gasteiger partial charge in [0.05, 0.1) is 17.3 Å². The van der Waals surface area contributed by atoms with Crippen LogP contribution in [0.5, 0.6) is 5.75 Å². The van der Waals surface area contributed by atoms with Crippen molar-refractivity contribution < 1.29 is 18.4 Å². The molecule has 0 aliphatic carbocycles. The highest BCUT2D eigenvalue weighted by atomic mass is 19.1. The van der Waals surface area contributed by atoms with Crippen LogP contribution in [0.1, 0.15) is 41.5 Å². The van der Waals surface area contributed by atoms with Gasteiger partial charge in [-0.05, 0) is 59.1 Å². The van der Waals surface area contributed by atoms with Crippen molar-refractivity contribution >= 4 is 12.6 Å². The first kappa shape index (κ1) is 15.3. The van der Waals surface area contributed by atoms with Crippen molar-refractivity contribution in [1.82, 2.24) is 0 Å². The Morgan fingerprint density at radius 1 is 1.10 bits per heavy atom. The van der Waals surface area contributed by atoms with Gasteiger partial charge >= 0.3 is 7.12 Å². The van der Waals surface area contributed by atoms with Gasteiger partial charge in [0.15, 0.2) is 11.6 Å². The molecule has 1 aromatic rings. The highest BCUT2D eigenvalue weighted by Gasteiger charge is 2.51. The number of rotatable bonds is 3. The third-order valence-corrected chi connectivity index (χ3v) is 3.84. The molecule has 0 aromatic heterocycles. The summed E-state index contributed by atoms with van der Waals surface area (Å²) >= 11 is 0. The molecule has 0 spiro atoms. The van der Waals surface area contributed by atoms with Crippen molar-refractivity contribution in [3.63, 3.8) is 0 Å². The van der Waals surface area contributed by atoms with E-state index in [1.807, 2.05) is 41.5 Å². The Kier molecular flexibility index (Phi) is 3.86. The normalized spacial score (nSPS) is 20.5. The molecular weight excluding hydrogens is 258 g/mol. The fourth-order valence-corrected chi connectivity index (χ4v) is 1.99. The molecule has 0 radical (unpaired) electrons. The summed E-state index contributed by atoms with van der Waals surface area (Å²) in [4.78, 5) is 0. The zero-order valence-corrected chi connectivity index (χ0v) is 13.0. The number of hydrogen-bond donors (Lipinski definition) is 0. The van der Waals surface area contributed by atoms with Gasteiger partial charge in [0.2, 0.25) is 0 Å². The zero-order valence-electron chi connectivity index (χ0n) is 13.0. The average Bonchev–Trinajstić information content (AvgIpc) is 2.50. The molecule has 0 amide bonds. The number of halogens is 1. The lowest BCUT2D eigenvalue weighted by molar-refractivity contribution is 0.00578. The van der Waals surface area contributed by atoms with Crippen LogP contribution in [0, 0.1) is 5.82 Å². The molecule has 1 aliphatic heterocycles. The van der Waals surface area contributed by atoms with Crippen LogP contribution in [0.3, 0.4) is 0 Å². The number of benzene rings is 1. The van der Waals surface area contributed by atoms with E-state index in [2.05, 4.69) is 0 Å². The summed E-state index contributed by atoms with van der Waals surface area (Å²) in [5.41, 5.74) is -0.0586. The molecule has 2 rings (SSSR count). The maximum atomic E-state index is 13.7. The SMILES string of the molecule is CC(C)Oc1cc(B2OC(C)(C)C(C)(C)O2)ccc1F. The Hall–Kier alpha value is -1.07. The average molecular weight is 280 g/mol. The van der Waals surface area contributed by atoms with Crippen LogP contribution in [0.4, 0.5) is 4.39 Å². The quantitative estimate of drug-likeness (QED) is 0.797. The van der Waals surface area contributed by atoms with Crippen molar-refractivity contribution in [3.05, 3.63) is 24.0 Å². The molecule has 0 unspecified atom stereocenters. The van der Waals surface area contributed by atoms with E-state index in [0.717, 1.165) is 5.46 Å². The van der Waals surface area contributed by atoms with Crippen LogP contribution >= 0.6 is 0 Å². The van der Waals surface area contributed by atoms with E-state index in [4.69, 9.17) is 14.0 Å². The lowest BCUT2D eigenvalue weighted by Crippen LogP contribution is -2.41. The molecule has 5 heteroatoms. The summed E-state index contributed by atoms with van der Waals surface area (Å²) in [5.74, 6) is -0.147. The van der Waals surface area contributed by atoms with Gasteiger partial charge in [0.1, 0.15) is 0 Å². The molecule has 0 bridgehead atoms. The van der Waals surface area contributed by atoms with E-state index in [1.165, 1.54) is 6.07 Å². The second-order valence-electron chi connectivity index (χ2n) is 6.44. The highest BCUT2D eigenvalue weighted by molar-refractivity contribution is 6.62. The van der Waals surface area contributed by atoms with E-state index < -0.39 is 18.3 Å². The molecule has 3 nitrogen and oxygen atoms in total. The Morgan fingerprint density at radius 2 is 1.65 bits per heavy atom. The highest BCUT2D eigenvalue weighted by Crippen LogP contribution is 2.36. The minimum Gasteiger partial charge on any atom is -0.488 e. The molecule has 0 N–H and O–H groups in total. The molecule has 1 aromatic carbocycles. The molecule has 1 saturated heterocycles. The van der Waals surface area contributed by atoms with Crippen molar-refractivity contribution in [2.75, 3.05) is 0 Å². The standard InChI is InChI=1S/C15H22BFO3/c1-10(2)18-13-9-11(7-8-12(13)17)16-19-14(3,4)15(5,6)20-16/h7-10H,1-6H3. The number of hydrogen-bond acceptors (Lipinski definition) is 3. The van der Waals surface area contributed by atoms with Crippen molar-refractivity contribution in [2.24, 2.45) is 0 Å². The monoisotopic (exact) mass is 280 g/mol. The summed E-state index contributed by atoms with van der Waals surface area (Å²) in [7, 11) is -0.505. The molecule has 20 heavy (non-hydrogen) atoms. The fraction of sp³-hybridized carbons (Fsp3) is 0.600. The van der Waals surface area contributed by atoms with Gasteiger partial charge in [0, 0.05) is 0 Å². The molecule has 0 atom stereocenters. The van der Waals surface area contributed by atoms with Gasteiger partial charge in [-0.2, -0.15) is 0 Å². The van der Waals surface area contributed by atoms with Gasteiger partial charge in [-0.3, -0.25) is 0 Å². The van der Waals surface area contributed by atoms with E-state index >= 15 is 0 Å². The summed E-state index contributed by atoms with van der Waals surface area (Å²) < 4.78 is 31.1. The molecule has 1 heterocycles. The Labute approximate surface area is 120 Å². The molecule has 1 aliphatic rings. The summed E-state index contributed by atoms with van der Waals surface area (Å²) in [6, 6.07) is 4.71. The largest absolute Gasteiger partial charge is 0.494 e. The topological polar surface area (TPSA) is 27.7 Å². The summed E-state index contributed by atoms with van der Waals surface area (Å²) in [6.45, 7) is 11.7. The van der Waals surface area contributed by atoms with Crippen LogP contribution in [-0.2, 0) is 9.31 Å². The third kappa shape index (κ3) is 2.84. The third-order valence-electron chi connectivity index (χ3n) is 3.84. The van der Waals surface area contributed by atoms with E-state index in [-0.39, 0.29) is 17.7 Å². The van der Waals surface area contributed by atoms with Crippen LogP contribution in [0.15, 0.2) is 18.2 Å². The first-order valence-corrected chi connectivity index (χ1v) is 6.94. The second kappa shape index (κ2) is 5.04. The predicted octanol–water partition coefficient (Wildman–Crippen LogP) is 2.91. The predicted molar refractivity (Wildman–Crippen MR) is 77.9 cm³/mol. The van der Waals surface area contributed by atoms with Crippen molar-refractivity contribution in [2.45, 2.75) is 58.8 Å². The van der Waals surface area contributed by atoms with Gasteiger partial charge in [-0.15, -0.1) is 0 Å². The first-order valence-electron chi connectivity index (χ1n) is 6.94. The Bertz CT molecular complexity index is 484. The molecule has 1 fully saturated rings. The van der Waals surface area contributed by atoms with Gasteiger partial charge in [-0.25, -0.2) is 4.39 Å². The van der Waals surface area contributed by atoms with E-state index in [0.29, 0.717) is 0 Å². The van der Waals surface area contributed by atoms with Crippen LogP contribution in [0.25, 0.3) is 0 Å². The Morgan fingerprint density at radius 3 is 2.15 bits per heavy atom. The summed E-state index contributed by atoms with van der Waals surface area (Å²) in [6.07, 6.45) is -0.0851. The Balaban J connectivity index is 2.27. The second-order valence-corrected chi connectivity index (χ2v) is 6.44. The number of ether oxygens (including phenoxy) is 1. The molecular formula is C15H22BFO3. The zero-order chi connectivity index (χ0) is 15.1. The smallest absolute Gasteiger partial charge is 0.488 e.